The predicted octanol–water partition coefficient (Wildman–Crippen LogP) is 4.48. The van der Waals surface area contributed by atoms with E-state index in [1.54, 1.807) is 41.3 Å². The van der Waals surface area contributed by atoms with E-state index < -0.39 is 24.4 Å². The van der Waals surface area contributed by atoms with Crippen LogP contribution in [0.3, 0.4) is 0 Å². The standard InChI is InChI=1S/C28H26N2O6/c1-4-35-22-13-11-21(12-14-22)30-26(32)23-15-10-19(16-24(23)27(30)33)28(34)36-17-25(31)29(18(2)3)20-8-6-5-7-9-20/h5-16,18H,4,17H2,1-3H3. The first-order valence-electron chi connectivity index (χ1n) is 11.6. The third-order valence-corrected chi connectivity index (χ3v) is 5.67. The second-order valence-corrected chi connectivity index (χ2v) is 8.40. The number of hydrogen-bond donors (Lipinski definition) is 0. The molecule has 1 heterocycles. The second kappa shape index (κ2) is 10.4. The van der Waals surface area contributed by atoms with Crippen molar-refractivity contribution >= 4 is 35.1 Å². The van der Waals surface area contributed by atoms with Crippen LogP contribution in [0, 0.1) is 0 Å². The van der Waals surface area contributed by atoms with Crippen LogP contribution in [0.2, 0.25) is 0 Å². The highest BCUT2D eigenvalue weighted by molar-refractivity contribution is 6.34. The lowest BCUT2D eigenvalue weighted by molar-refractivity contribution is -0.122. The molecule has 3 amide bonds. The average molecular weight is 487 g/mol. The van der Waals surface area contributed by atoms with Crippen LogP contribution in [0.1, 0.15) is 51.8 Å². The van der Waals surface area contributed by atoms with Gasteiger partial charge in [-0.05, 0) is 75.4 Å². The molecule has 0 aromatic heterocycles. The Balaban J connectivity index is 1.47. The van der Waals surface area contributed by atoms with Crippen LogP contribution in [-0.2, 0) is 9.53 Å². The van der Waals surface area contributed by atoms with Crippen molar-refractivity contribution in [3.05, 3.63) is 89.5 Å². The Kier molecular flexibility index (Phi) is 7.15. The van der Waals surface area contributed by atoms with Crippen molar-refractivity contribution in [1.29, 1.82) is 0 Å². The van der Waals surface area contributed by atoms with Crippen molar-refractivity contribution in [3.63, 3.8) is 0 Å². The van der Waals surface area contributed by atoms with E-state index in [0.717, 1.165) is 4.90 Å². The van der Waals surface area contributed by atoms with Crippen LogP contribution in [0.25, 0.3) is 0 Å². The van der Waals surface area contributed by atoms with Gasteiger partial charge in [-0.25, -0.2) is 9.69 Å². The normalized spacial score (nSPS) is 12.5. The number of rotatable bonds is 8. The third kappa shape index (κ3) is 4.84. The molecule has 0 unspecified atom stereocenters. The molecular weight excluding hydrogens is 460 g/mol. The Hall–Kier alpha value is -4.46. The number of esters is 1. The summed E-state index contributed by atoms with van der Waals surface area (Å²) in [4.78, 5) is 54.0. The number of hydrogen-bond acceptors (Lipinski definition) is 6. The molecule has 8 heteroatoms. The molecule has 1 aliphatic heterocycles. The van der Waals surface area contributed by atoms with E-state index in [9.17, 15) is 19.2 Å². The van der Waals surface area contributed by atoms with Gasteiger partial charge in [-0.1, -0.05) is 18.2 Å². The Morgan fingerprint density at radius 1 is 0.889 bits per heavy atom. The topological polar surface area (TPSA) is 93.2 Å². The van der Waals surface area contributed by atoms with Crippen molar-refractivity contribution in [2.45, 2.75) is 26.8 Å². The number of amides is 3. The van der Waals surface area contributed by atoms with E-state index in [1.165, 1.54) is 18.2 Å². The quantitative estimate of drug-likeness (QED) is 0.344. The van der Waals surface area contributed by atoms with E-state index in [1.807, 2.05) is 39.0 Å². The first kappa shape index (κ1) is 24.7. The molecule has 0 saturated heterocycles. The molecule has 3 aromatic rings. The molecule has 0 atom stereocenters. The fraction of sp³-hybridized carbons (Fsp3) is 0.214. The molecule has 0 bridgehead atoms. The Morgan fingerprint density at radius 2 is 1.56 bits per heavy atom. The summed E-state index contributed by atoms with van der Waals surface area (Å²) < 4.78 is 10.7. The fourth-order valence-electron chi connectivity index (χ4n) is 4.06. The van der Waals surface area contributed by atoms with Gasteiger partial charge in [0.05, 0.1) is 29.0 Å². The number of carbonyl (C=O) groups is 4. The zero-order chi connectivity index (χ0) is 25.8. The highest BCUT2D eigenvalue weighted by Gasteiger charge is 2.37. The van der Waals surface area contributed by atoms with E-state index in [-0.39, 0.29) is 28.6 Å². The van der Waals surface area contributed by atoms with Crippen molar-refractivity contribution in [2.75, 3.05) is 23.0 Å². The maximum absolute atomic E-state index is 13.0. The molecule has 0 saturated carbocycles. The van der Waals surface area contributed by atoms with Crippen molar-refractivity contribution < 1.29 is 28.7 Å². The summed E-state index contributed by atoms with van der Waals surface area (Å²) in [5.74, 6) is -1.54. The summed E-state index contributed by atoms with van der Waals surface area (Å²) in [5.41, 5.74) is 1.46. The number of imide groups is 1. The largest absolute Gasteiger partial charge is 0.494 e. The SMILES string of the molecule is CCOc1ccc(N2C(=O)c3ccc(C(=O)OCC(=O)N(c4ccccc4)C(C)C)cc3C2=O)cc1. The van der Waals surface area contributed by atoms with Gasteiger partial charge < -0.3 is 14.4 Å². The minimum absolute atomic E-state index is 0.0760. The number of carbonyl (C=O) groups excluding carboxylic acids is 4. The van der Waals surface area contributed by atoms with Gasteiger partial charge in [-0.2, -0.15) is 0 Å². The molecule has 3 aromatic carbocycles. The maximum Gasteiger partial charge on any atom is 0.338 e. The van der Waals surface area contributed by atoms with E-state index in [0.29, 0.717) is 23.7 Å². The molecule has 0 aliphatic carbocycles. The maximum atomic E-state index is 13.0. The smallest absolute Gasteiger partial charge is 0.338 e. The van der Waals surface area contributed by atoms with Gasteiger partial charge in [-0.15, -0.1) is 0 Å². The number of benzene rings is 3. The van der Waals surface area contributed by atoms with Crippen LogP contribution < -0.4 is 14.5 Å². The zero-order valence-electron chi connectivity index (χ0n) is 20.3. The minimum atomic E-state index is -0.761. The van der Waals surface area contributed by atoms with Gasteiger partial charge in [-0.3, -0.25) is 14.4 Å². The third-order valence-electron chi connectivity index (χ3n) is 5.67. The molecule has 0 N–H and O–H groups in total. The van der Waals surface area contributed by atoms with E-state index in [4.69, 9.17) is 9.47 Å². The molecular formula is C28H26N2O6. The van der Waals surface area contributed by atoms with Crippen LogP contribution >= 0.6 is 0 Å². The predicted molar refractivity (Wildman–Crippen MR) is 135 cm³/mol. The number of para-hydroxylation sites is 1. The Labute approximate surface area is 209 Å². The van der Waals surface area contributed by atoms with Crippen LogP contribution in [0.5, 0.6) is 5.75 Å². The summed E-state index contributed by atoms with van der Waals surface area (Å²) in [6.45, 7) is 5.63. The van der Waals surface area contributed by atoms with Gasteiger partial charge in [0.2, 0.25) is 0 Å². The average Bonchev–Trinajstić information content (AvgIpc) is 3.13. The Morgan fingerprint density at radius 3 is 2.19 bits per heavy atom. The molecule has 0 radical (unpaired) electrons. The number of ether oxygens (including phenoxy) is 2. The fourth-order valence-corrected chi connectivity index (χ4v) is 4.06. The number of fused-ring (bicyclic) bond motifs is 1. The monoisotopic (exact) mass is 486 g/mol. The molecule has 0 spiro atoms. The van der Waals surface area contributed by atoms with Gasteiger partial charge in [0.15, 0.2) is 6.61 Å². The van der Waals surface area contributed by atoms with Gasteiger partial charge in [0, 0.05) is 11.7 Å². The van der Waals surface area contributed by atoms with Gasteiger partial charge >= 0.3 is 5.97 Å². The van der Waals surface area contributed by atoms with Crippen molar-refractivity contribution in [1.82, 2.24) is 0 Å². The lowest BCUT2D eigenvalue weighted by Crippen LogP contribution is -2.39. The van der Waals surface area contributed by atoms with Crippen LogP contribution in [0.15, 0.2) is 72.8 Å². The first-order valence-corrected chi connectivity index (χ1v) is 11.6. The molecule has 36 heavy (non-hydrogen) atoms. The number of nitrogens with zero attached hydrogens (tertiary/aromatic N) is 2. The summed E-state index contributed by atoms with van der Waals surface area (Å²) in [7, 11) is 0. The molecule has 8 nitrogen and oxygen atoms in total. The summed E-state index contributed by atoms with van der Waals surface area (Å²) >= 11 is 0. The lowest BCUT2D eigenvalue weighted by atomic mass is 10.1. The molecule has 0 fully saturated rings. The molecule has 4 rings (SSSR count). The summed E-state index contributed by atoms with van der Waals surface area (Å²) in [6, 6.07) is 19.7. The lowest BCUT2D eigenvalue weighted by Gasteiger charge is -2.26. The molecule has 184 valence electrons. The van der Waals surface area contributed by atoms with Crippen LogP contribution in [0.4, 0.5) is 11.4 Å². The van der Waals surface area contributed by atoms with E-state index in [2.05, 4.69) is 0 Å². The second-order valence-electron chi connectivity index (χ2n) is 8.40. The minimum Gasteiger partial charge on any atom is -0.494 e. The van der Waals surface area contributed by atoms with Crippen molar-refractivity contribution in [3.8, 4) is 5.75 Å². The highest BCUT2D eigenvalue weighted by Crippen LogP contribution is 2.30. The van der Waals surface area contributed by atoms with Crippen LogP contribution in [-0.4, -0.2) is 42.9 Å². The Bertz CT molecular complexity index is 1300. The van der Waals surface area contributed by atoms with Gasteiger partial charge in [0.1, 0.15) is 5.75 Å². The summed E-state index contributed by atoms with van der Waals surface area (Å²) in [6.07, 6.45) is 0. The van der Waals surface area contributed by atoms with Gasteiger partial charge in [0.25, 0.3) is 17.7 Å². The number of anilines is 2. The van der Waals surface area contributed by atoms with Crippen molar-refractivity contribution in [2.24, 2.45) is 0 Å². The summed E-state index contributed by atoms with van der Waals surface area (Å²) in [5, 5.41) is 0. The van der Waals surface area contributed by atoms with E-state index >= 15 is 0 Å². The zero-order valence-corrected chi connectivity index (χ0v) is 20.3. The first-order chi connectivity index (χ1) is 17.3. The molecule has 1 aliphatic rings. The highest BCUT2D eigenvalue weighted by atomic mass is 16.5.